The number of aliphatic hydroxyl groups is 1. The first kappa shape index (κ1) is 21.6. The normalized spacial score (nSPS) is 10.9. The van der Waals surface area contributed by atoms with Crippen molar-refractivity contribution >= 4 is 38.6 Å². The van der Waals surface area contributed by atoms with E-state index in [9.17, 15) is 9.90 Å². The highest BCUT2D eigenvalue weighted by atomic mass is 16.3. The molecule has 0 saturated heterocycles. The van der Waals surface area contributed by atoms with Crippen LogP contribution < -0.4 is 0 Å². The summed E-state index contributed by atoms with van der Waals surface area (Å²) in [6.07, 6.45) is 0.265. The summed E-state index contributed by atoms with van der Waals surface area (Å²) in [5.41, 5.74) is 2.58. The van der Waals surface area contributed by atoms with E-state index in [0.717, 1.165) is 39.1 Å². The van der Waals surface area contributed by atoms with Crippen LogP contribution in [-0.4, -0.2) is 11.4 Å². The van der Waals surface area contributed by atoms with E-state index >= 15 is 0 Å². The first-order valence-corrected chi connectivity index (χ1v) is 11.3. The molecule has 0 saturated carbocycles. The van der Waals surface area contributed by atoms with E-state index in [1.165, 1.54) is 16.2 Å². The lowest BCUT2D eigenvalue weighted by molar-refractivity contribution is 0.112. The highest BCUT2D eigenvalue weighted by molar-refractivity contribution is 5.89. The van der Waals surface area contributed by atoms with Crippen molar-refractivity contribution in [3.05, 3.63) is 144 Å². The van der Waals surface area contributed by atoms with Crippen LogP contribution >= 0.6 is 0 Å². The highest BCUT2D eigenvalue weighted by Crippen LogP contribution is 2.27. The van der Waals surface area contributed by atoms with Gasteiger partial charge in [0.15, 0.2) is 0 Å². The number of benzene rings is 6. The fourth-order valence-electron chi connectivity index (χ4n) is 4.23. The van der Waals surface area contributed by atoms with E-state index in [2.05, 4.69) is 48.5 Å². The van der Waals surface area contributed by atoms with Crippen LogP contribution in [0.3, 0.4) is 0 Å². The quantitative estimate of drug-likeness (QED) is 0.286. The van der Waals surface area contributed by atoms with Gasteiger partial charge >= 0.3 is 0 Å². The number of hydrogen-bond acceptors (Lipinski definition) is 2. The summed E-state index contributed by atoms with van der Waals surface area (Å²) in [5.74, 6) is 0. The molecule has 1 N–H and O–H groups in total. The molecule has 6 rings (SSSR count). The molecule has 34 heavy (non-hydrogen) atoms. The van der Waals surface area contributed by atoms with Crippen molar-refractivity contribution in [3.63, 3.8) is 0 Å². The molecule has 0 aliphatic heterocycles. The van der Waals surface area contributed by atoms with Crippen molar-refractivity contribution in [3.8, 4) is 0 Å². The molecular formula is C32H24O2. The van der Waals surface area contributed by atoms with E-state index < -0.39 is 6.10 Å². The van der Waals surface area contributed by atoms with Gasteiger partial charge in [0.05, 0.1) is 0 Å². The monoisotopic (exact) mass is 440 g/mol. The Balaban J connectivity index is 0.000000169. The standard InChI is InChI=1S/C21H16O.C11H8O/c22-21(19-11-9-15-5-1-3-7-17(15)13-19)20-12-10-16-6-2-4-8-18(16)14-20;12-8-9-5-6-10-3-1-2-4-11(10)7-9/h1-14,21-22H;1-8H. The summed E-state index contributed by atoms with van der Waals surface area (Å²) in [6, 6.07) is 42.4. The Morgan fingerprint density at radius 3 is 1.29 bits per heavy atom. The molecule has 0 aliphatic carbocycles. The summed E-state index contributed by atoms with van der Waals surface area (Å²) in [6.45, 7) is 0. The van der Waals surface area contributed by atoms with Crippen LogP contribution in [0.15, 0.2) is 127 Å². The fraction of sp³-hybridized carbons (Fsp3) is 0.0312. The number of carbonyl (C=O) groups is 1. The van der Waals surface area contributed by atoms with Crippen molar-refractivity contribution in [2.75, 3.05) is 0 Å². The third-order valence-corrected chi connectivity index (χ3v) is 6.09. The predicted octanol–water partition coefficient (Wildman–Crippen LogP) is 7.73. The SMILES string of the molecule is O=Cc1ccc2ccccc2c1.OC(c1ccc2ccccc2c1)c1ccc2ccccc2c1. The number of hydrogen-bond donors (Lipinski definition) is 1. The second kappa shape index (κ2) is 9.70. The molecule has 0 aromatic heterocycles. The van der Waals surface area contributed by atoms with E-state index in [1.807, 2.05) is 78.9 Å². The average Bonchev–Trinajstić information content (AvgIpc) is 2.92. The van der Waals surface area contributed by atoms with Gasteiger partial charge in [0, 0.05) is 5.56 Å². The predicted molar refractivity (Wildman–Crippen MR) is 141 cm³/mol. The first-order valence-electron chi connectivity index (χ1n) is 11.3. The molecule has 0 spiro atoms. The van der Waals surface area contributed by atoms with Crippen LogP contribution in [0, 0.1) is 0 Å². The minimum Gasteiger partial charge on any atom is -0.384 e. The molecule has 164 valence electrons. The van der Waals surface area contributed by atoms with Crippen LogP contribution in [0.25, 0.3) is 32.3 Å². The summed E-state index contributed by atoms with van der Waals surface area (Å²) in [7, 11) is 0. The van der Waals surface area contributed by atoms with Gasteiger partial charge in [0.2, 0.25) is 0 Å². The van der Waals surface area contributed by atoms with Gasteiger partial charge in [-0.3, -0.25) is 4.79 Å². The second-order valence-electron chi connectivity index (χ2n) is 8.34. The number of rotatable bonds is 3. The Kier molecular flexibility index (Phi) is 6.15. The average molecular weight is 441 g/mol. The van der Waals surface area contributed by atoms with Gasteiger partial charge in [-0.2, -0.15) is 0 Å². The van der Waals surface area contributed by atoms with Gasteiger partial charge in [-0.05, 0) is 61.6 Å². The van der Waals surface area contributed by atoms with Gasteiger partial charge in [-0.1, -0.05) is 109 Å². The number of fused-ring (bicyclic) bond motifs is 3. The zero-order valence-electron chi connectivity index (χ0n) is 18.6. The summed E-state index contributed by atoms with van der Waals surface area (Å²) >= 11 is 0. The molecule has 0 fully saturated rings. The van der Waals surface area contributed by atoms with E-state index in [1.54, 1.807) is 0 Å². The summed E-state index contributed by atoms with van der Waals surface area (Å²) in [5, 5.41) is 17.7. The minimum absolute atomic E-state index is 0.603. The van der Waals surface area contributed by atoms with Gasteiger partial charge in [0.1, 0.15) is 12.4 Å². The van der Waals surface area contributed by atoms with E-state index in [0.29, 0.717) is 0 Å². The third-order valence-electron chi connectivity index (χ3n) is 6.09. The summed E-state index contributed by atoms with van der Waals surface area (Å²) in [4.78, 5) is 10.5. The lowest BCUT2D eigenvalue weighted by atomic mass is 9.97. The first-order chi connectivity index (χ1) is 16.7. The smallest absolute Gasteiger partial charge is 0.150 e. The maximum Gasteiger partial charge on any atom is 0.150 e. The molecule has 2 nitrogen and oxygen atoms in total. The molecule has 0 radical (unpaired) electrons. The van der Waals surface area contributed by atoms with E-state index in [-0.39, 0.29) is 0 Å². The molecule has 0 unspecified atom stereocenters. The minimum atomic E-state index is -0.603. The lowest BCUT2D eigenvalue weighted by Crippen LogP contribution is -1.99. The van der Waals surface area contributed by atoms with Crippen LogP contribution in [0.4, 0.5) is 0 Å². The van der Waals surface area contributed by atoms with Crippen molar-refractivity contribution < 1.29 is 9.90 Å². The Morgan fingerprint density at radius 1 is 0.471 bits per heavy atom. The zero-order valence-corrected chi connectivity index (χ0v) is 18.6. The Labute approximate surface area is 198 Å². The Hall–Kier alpha value is -4.27. The zero-order chi connectivity index (χ0) is 23.3. The molecular weight excluding hydrogens is 416 g/mol. The van der Waals surface area contributed by atoms with Crippen molar-refractivity contribution in [1.29, 1.82) is 0 Å². The topological polar surface area (TPSA) is 37.3 Å². The largest absolute Gasteiger partial charge is 0.384 e. The van der Waals surface area contributed by atoms with Gasteiger partial charge in [-0.15, -0.1) is 0 Å². The van der Waals surface area contributed by atoms with Crippen LogP contribution in [0.5, 0.6) is 0 Å². The van der Waals surface area contributed by atoms with Gasteiger partial charge in [-0.25, -0.2) is 0 Å². The molecule has 6 aromatic rings. The number of carbonyl (C=O) groups excluding carboxylic acids is 1. The molecule has 0 amide bonds. The van der Waals surface area contributed by atoms with Crippen molar-refractivity contribution in [1.82, 2.24) is 0 Å². The molecule has 2 heteroatoms. The summed E-state index contributed by atoms with van der Waals surface area (Å²) < 4.78 is 0. The van der Waals surface area contributed by atoms with Gasteiger partial charge in [0.25, 0.3) is 0 Å². The fourth-order valence-corrected chi connectivity index (χ4v) is 4.23. The maximum absolute atomic E-state index is 10.7. The number of aldehydes is 1. The Morgan fingerprint density at radius 2 is 0.853 bits per heavy atom. The third kappa shape index (κ3) is 4.59. The van der Waals surface area contributed by atoms with E-state index in [4.69, 9.17) is 0 Å². The van der Waals surface area contributed by atoms with Gasteiger partial charge < -0.3 is 5.11 Å². The highest BCUT2D eigenvalue weighted by Gasteiger charge is 2.11. The lowest BCUT2D eigenvalue weighted by Gasteiger charge is -2.13. The number of aliphatic hydroxyl groups excluding tert-OH is 1. The van der Waals surface area contributed by atoms with Crippen LogP contribution in [-0.2, 0) is 0 Å². The molecule has 0 bridgehead atoms. The maximum atomic E-state index is 10.7. The van der Waals surface area contributed by atoms with Crippen molar-refractivity contribution in [2.45, 2.75) is 6.10 Å². The van der Waals surface area contributed by atoms with Crippen LogP contribution in [0.1, 0.15) is 27.6 Å². The molecule has 0 atom stereocenters. The van der Waals surface area contributed by atoms with Crippen LogP contribution in [0.2, 0.25) is 0 Å². The molecule has 0 aliphatic rings. The van der Waals surface area contributed by atoms with Crippen molar-refractivity contribution in [2.24, 2.45) is 0 Å². The molecule has 6 aromatic carbocycles. The second-order valence-corrected chi connectivity index (χ2v) is 8.34. The Bertz CT molecular complexity index is 1520. The molecule has 0 heterocycles.